The first kappa shape index (κ1) is 21.8. The van der Waals surface area contributed by atoms with Crippen LogP contribution in [0.25, 0.3) is 32.8 Å². The highest BCUT2D eigenvalue weighted by Crippen LogP contribution is 2.31. The number of thiazole rings is 1. The van der Waals surface area contributed by atoms with Crippen LogP contribution in [0.15, 0.2) is 63.3 Å². The molecule has 4 aromatic rings. The molecule has 6 nitrogen and oxygen atoms in total. The van der Waals surface area contributed by atoms with E-state index in [1.807, 2.05) is 42.6 Å². The number of fused-ring (bicyclic) bond motifs is 1. The van der Waals surface area contributed by atoms with Crippen LogP contribution in [0.4, 0.5) is 0 Å². The van der Waals surface area contributed by atoms with Crippen molar-refractivity contribution in [3.05, 3.63) is 69.9 Å². The Labute approximate surface area is 189 Å². The average Bonchev–Trinajstić information content (AvgIpc) is 3.30. The maximum atomic E-state index is 13.3. The van der Waals surface area contributed by atoms with Gasteiger partial charge in [0, 0.05) is 17.0 Å². The molecule has 0 saturated carbocycles. The Morgan fingerprint density at radius 1 is 1.19 bits per heavy atom. The lowest BCUT2D eigenvalue weighted by atomic mass is 10.1. The fraction of sp³-hybridized carbons (Fsp3) is 0.240. The molecule has 0 fully saturated rings. The van der Waals surface area contributed by atoms with Crippen molar-refractivity contribution in [2.75, 3.05) is 6.61 Å². The molecule has 2 aromatic carbocycles. The molecular formula is C25H23NO5S. The molecule has 0 aliphatic carbocycles. The Kier molecular flexibility index (Phi) is 6.37. The quantitative estimate of drug-likeness (QED) is 0.348. The number of rotatable bonds is 7. The molecule has 1 atom stereocenters. The summed E-state index contributed by atoms with van der Waals surface area (Å²) in [6.07, 6.45) is 1.29. The van der Waals surface area contributed by atoms with Crippen molar-refractivity contribution in [1.82, 2.24) is 4.98 Å². The molecule has 7 heteroatoms. The molecule has 4 rings (SSSR count). The van der Waals surface area contributed by atoms with E-state index in [9.17, 15) is 9.59 Å². The van der Waals surface area contributed by atoms with Crippen LogP contribution in [0.1, 0.15) is 26.3 Å². The zero-order valence-electron chi connectivity index (χ0n) is 18.1. The highest BCUT2D eigenvalue weighted by Gasteiger charge is 2.20. The zero-order chi connectivity index (χ0) is 22.7. The Morgan fingerprint density at radius 3 is 2.69 bits per heavy atom. The number of nitrogens with zero attached hydrogens (tertiary/aromatic N) is 1. The summed E-state index contributed by atoms with van der Waals surface area (Å²) < 4.78 is 16.6. The summed E-state index contributed by atoms with van der Waals surface area (Å²) in [6.45, 7) is 5.62. The predicted octanol–water partition coefficient (Wildman–Crippen LogP) is 5.48. The van der Waals surface area contributed by atoms with Crippen LogP contribution in [0, 0.1) is 0 Å². The first-order valence-electron chi connectivity index (χ1n) is 10.4. The number of aryl methyl sites for hydroxylation is 1. The highest BCUT2D eigenvalue weighted by atomic mass is 32.1. The Balaban J connectivity index is 1.71. The van der Waals surface area contributed by atoms with Gasteiger partial charge < -0.3 is 13.9 Å². The lowest BCUT2D eigenvalue weighted by molar-refractivity contribution is -0.150. The van der Waals surface area contributed by atoms with Crippen molar-refractivity contribution < 1.29 is 18.7 Å². The number of esters is 1. The van der Waals surface area contributed by atoms with E-state index in [1.165, 1.54) is 17.6 Å². The summed E-state index contributed by atoms with van der Waals surface area (Å²) in [7, 11) is 0. The second-order valence-electron chi connectivity index (χ2n) is 7.20. The second kappa shape index (κ2) is 9.36. The SMILES string of the molecule is CCOC(=O)C(C)Oc1cc2occ(-c3nc(-c4ccccc4)cs3)c(=O)c2cc1CC. The number of carbonyl (C=O) groups is 1. The predicted molar refractivity (Wildman–Crippen MR) is 125 cm³/mol. The number of ether oxygens (including phenoxy) is 2. The number of hydrogen-bond donors (Lipinski definition) is 0. The molecule has 0 spiro atoms. The number of benzene rings is 2. The van der Waals surface area contributed by atoms with E-state index in [0.29, 0.717) is 33.7 Å². The molecule has 2 heterocycles. The van der Waals surface area contributed by atoms with Gasteiger partial charge in [-0.25, -0.2) is 9.78 Å². The molecule has 32 heavy (non-hydrogen) atoms. The van der Waals surface area contributed by atoms with Gasteiger partial charge >= 0.3 is 5.97 Å². The Bertz CT molecular complexity index is 1310. The third kappa shape index (κ3) is 4.29. The Hall–Kier alpha value is -3.45. The molecule has 2 aromatic heterocycles. The van der Waals surface area contributed by atoms with Gasteiger partial charge in [0.1, 0.15) is 22.6 Å². The van der Waals surface area contributed by atoms with Crippen LogP contribution in [0.5, 0.6) is 5.75 Å². The maximum Gasteiger partial charge on any atom is 0.347 e. The minimum atomic E-state index is -0.768. The van der Waals surface area contributed by atoms with Gasteiger partial charge in [0.15, 0.2) is 6.10 Å². The van der Waals surface area contributed by atoms with Crippen LogP contribution in [-0.2, 0) is 16.0 Å². The topological polar surface area (TPSA) is 78.6 Å². The van der Waals surface area contributed by atoms with Crippen molar-refractivity contribution >= 4 is 28.3 Å². The molecule has 0 saturated heterocycles. The Morgan fingerprint density at radius 2 is 1.97 bits per heavy atom. The molecule has 0 radical (unpaired) electrons. The summed E-state index contributed by atoms with van der Waals surface area (Å²) in [5.74, 6) is 0.0570. The molecular weight excluding hydrogens is 426 g/mol. The van der Waals surface area contributed by atoms with Crippen molar-refractivity contribution in [2.45, 2.75) is 33.3 Å². The van der Waals surface area contributed by atoms with Gasteiger partial charge in [-0.1, -0.05) is 37.3 Å². The van der Waals surface area contributed by atoms with Crippen molar-refractivity contribution in [3.8, 4) is 27.6 Å². The van der Waals surface area contributed by atoms with Crippen LogP contribution >= 0.6 is 11.3 Å². The minimum absolute atomic E-state index is 0.153. The summed E-state index contributed by atoms with van der Waals surface area (Å²) in [5, 5.41) is 2.99. The normalized spacial score (nSPS) is 12.0. The van der Waals surface area contributed by atoms with E-state index in [0.717, 1.165) is 16.8 Å². The smallest absolute Gasteiger partial charge is 0.347 e. The van der Waals surface area contributed by atoms with E-state index in [4.69, 9.17) is 13.9 Å². The first-order valence-corrected chi connectivity index (χ1v) is 11.3. The lowest BCUT2D eigenvalue weighted by Crippen LogP contribution is -2.26. The number of carbonyl (C=O) groups excluding carboxylic acids is 1. The molecule has 0 aliphatic heterocycles. The zero-order valence-corrected chi connectivity index (χ0v) is 18.9. The second-order valence-corrected chi connectivity index (χ2v) is 8.06. The van der Waals surface area contributed by atoms with E-state index in [2.05, 4.69) is 4.98 Å². The largest absolute Gasteiger partial charge is 0.479 e. The van der Waals surface area contributed by atoms with Gasteiger partial charge in [0.05, 0.1) is 23.3 Å². The van der Waals surface area contributed by atoms with Crippen LogP contribution in [-0.4, -0.2) is 23.7 Å². The molecule has 0 amide bonds. The van der Waals surface area contributed by atoms with Crippen LogP contribution in [0.2, 0.25) is 0 Å². The average molecular weight is 450 g/mol. The third-order valence-corrected chi connectivity index (χ3v) is 5.94. The molecule has 1 unspecified atom stereocenters. The van der Waals surface area contributed by atoms with Crippen LogP contribution in [0.3, 0.4) is 0 Å². The maximum absolute atomic E-state index is 13.3. The van der Waals surface area contributed by atoms with Crippen molar-refractivity contribution in [3.63, 3.8) is 0 Å². The van der Waals surface area contributed by atoms with E-state index in [1.54, 1.807) is 26.0 Å². The highest BCUT2D eigenvalue weighted by molar-refractivity contribution is 7.13. The standard InChI is InChI=1S/C25H23NO5S/c1-4-16-11-18-22(12-21(16)31-15(3)25(28)29-5-2)30-13-19(23(18)27)24-26-20(14-32-24)17-9-7-6-8-10-17/h6-15H,4-5H2,1-3H3. The van der Waals surface area contributed by atoms with E-state index >= 15 is 0 Å². The number of aromatic nitrogens is 1. The van der Waals surface area contributed by atoms with Gasteiger partial charge in [-0.2, -0.15) is 0 Å². The van der Waals surface area contributed by atoms with Gasteiger partial charge in [-0.05, 0) is 31.9 Å². The number of hydrogen-bond acceptors (Lipinski definition) is 7. The molecule has 0 bridgehead atoms. The van der Waals surface area contributed by atoms with Crippen molar-refractivity contribution in [1.29, 1.82) is 0 Å². The minimum Gasteiger partial charge on any atom is -0.479 e. The fourth-order valence-corrected chi connectivity index (χ4v) is 4.20. The van der Waals surface area contributed by atoms with Crippen LogP contribution < -0.4 is 10.2 Å². The van der Waals surface area contributed by atoms with Gasteiger partial charge in [-0.3, -0.25) is 4.79 Å². The summed E-state index contributed by atoms with van der Waals surface area (Å²) in [5.41, 5.74) is 3.27. The third-order valence-electron chi connectivity index (χ3n) is 5.06. The molecule has 0 N–H and O–H groups in total. The van der Waals surface area contributed by atoms with E-state index < -0.39 is 12.1 Å². The van der Waals surface area contributed by atoms with Gasteiger partial charge in [0.2, 0.25) is 5.43 Å². The summed E-state index contributed by atoms with van der Waals surface area (Å²) >= 11 is 1.40. The molecule has 0 aliphatic rings. The fourth-order valence-electron chi connectivity index (χ4n) is 3.37. The van der Waals surface area contributed by atoms with Crippen molar-refractivity contribution in [2.24, 2.45) is 0 Å². The van der Waals surface area contributed by atoms with E-state index in [-0.39, 0.29) is 12.0 Å². The first-order chi connectivity index (χ1) is 15.5. The lowest BCUT2D eigenvalue weighted by Gasteiger charge is -2.16. The van der Waals surface area contributed by atoms with Gasteiger partial charge in [0.25, 0.3) is 0 Å². The molecule has 164 valence electrons. The summed E-state index contributed by atoms with van der Waals surface area (Å²) in [6, 6.07) is 13.2. The summed E-state index contributed by atoms with van der Waals surface area (Å²) in [4.78, 5) is 29.8. The monoisotopic (exact) mass is 449 g/mol. The van der Waals surface area contributed by atoms with Gasteiger partial charge in [-0.15, -0.1) is 11.3 Å².